The van der Waals surface area contributed by atoms with E-state index >= 15 is 0 Å². The van der Waals surface area contributed by atoms with Crippen molar-refractivity contribution >= 4 is 5.69 Å². The van der Waals surface area contributed by atoms with Crippen molar-refractivity contribution in [3.8, 4) is 0 Å². The van der Waals surface area contributed by atoms with E-state index in [0.717, 1.165) is 36.9 Å². The van der Waals surface area contributed by atoms with Crippen LogP contribution >= 0.6 is 0 Å². The summed E-state index contributed by atoms with van der Waals surface area (Å²) in [5.74, 6) is 1.57. The van der Waals surface area contributed by atoms with E-state index in [9.17, 15) is 0 Å². The van der Waals surface area contributed by atoms with Crippen LogP contribution in [-0.2, 0) is 5.54 Å². The van der Waals surface area contributed by atoms with E-state index in [1.807, 2.05) is 0 Å². The molecule has 2 saturated carbocycles. The second-order valence-corrected chi connectivity index (χ2v) is 5.27. The fourth-order valence-corrected chi connectivity index (χ4v) is 2.62. The highest BCUT2D eigenvalue weighted by molar-refractivity contribution is 5.55. The minimum atomic E-state index is -0.0864. The number of rotatable bonds is 1. The van der Waals surface area contributed by atoms with Crippen molar-refractivity contribution < 1.29 is 0 Å². The topological polar surface area (TPSA) is 50.9 Å². The SMILES string of the molecule is NC1(c2ccc3c(n2)C2CC2CN3)CC1. The summed E-state index contributed by atoms with van der Waals surface area (Å²) in [5.41, 5.74) is 9.71. The molecule has 2 heterocycles. The summed E-state index contributed by atoms with van der Waals surface area (Å²) in [6.07, 6.45) is 3.51. The number of hydrogen-bond acceptors (Lipinski definition) is 3. The summed E-state index contributed by atoms with van der Waals surface area (Å²) in [5, 5.41) is 3.45. The van der Waals surface area contributed by atoms with Crippen LogP contribution in [0.4, 0.5) is 5.69 Å². The van der Waals surface area contributed by atoms with Crippen LogP contribution in [-0.4, -0.2) is 11.5 Å². The Morgan fingerprint density at radius 3 is 3.07 bits per heavy atom. The lowest BCUT2D eigenvalue weighted by atomic mass is 10.1. The molecule has 2 fully saturated rings. The predicted octanol–water partition coefficient (Wildman–Crippen LogP) is 1.56. The Hall–Kier alpha value is -1.09. The lowest BCUT2D eigenvalue weighted by molar-refractivity contribution is 0.691. The van der Waals surface area contributed by atoms with Gasteiger partial charge in [-0.05, 0) is 37.3 Å². The zero-order valence-electron chi connectivity index (χ0n) is 8.66. The zero-order chi connectivity index (χ0) is 10.0. The van der Waals surface area contributed by atoms with Crippen LogP contribution in [0.15, 0.2) is 12.1 Å². The van der Waals surface area contributed by atoms with Crippen LogP contribution in [0.1, 0.15) is 36.6 Å². The Labute approximate surface area is 89.1 Å². The van der Waals surface area contributed by atoms with Crippen molar-refractivity contribution in [1.29, 1.82) is 0 Å². The Morgan fingerprint density at radius 2 is 2.27 bits per heavy atom. The molecule has 1 aromatic rings. The summed E-state index contributed by atoms with van der Waals surface area (Å²) in [6, 6.07) is 4.26. The van der Waals surface area contributed by atoms with Gasteiger partial charge in [0.15, 0.2) is 0 Å². The second-order valence-electron chi connectivity index (χ2n) is 5.27. The van der Waals surface area contributed by atoms with Crippen molar-refractivity contribution in [1.82, 2.24) is 4.98 Å². The van der Waals surface area contributed by atoms with Crippen LogP contribution in [0, 0.1) is 5.92 Å². The molecule has 3 heteroatoms. The fourth-order valence-electron chi connectivity index (χ4n) is 2.62. The molecular weight excluding hydrogens is 186 g/mol. The highest BCUT2D eigenvalue weighted by Crippen LogP contribution is 2.53. The number of hydrogen-bond donors (Lipinski definition) is 2. The predicted molar refractivity (Wildman–Crippen MR) is 58.7 cm³/mol. The van der Waals surface area contributed by atoms with Gasteiger partial charge in [0.1, 0.15) is 0 Å². The maximum atomic E-state index is 6.18. The Bertz CT molecular complexity index is 436. The molecule has 3 N–H and O–H groups in total. The first-order valence-corrected chi connectivity index (χ1v) is 5.80. The zero-order valence-corrected chi connectivity index (χ0v) is 8.66. The molecule has 0 bridgehead atoms. The van der Waals surface area contributed by atoms with Gasteiger partial charge in [-0.15, -0.1) is 0 Å². The molecule has 78 valence electrons. The Morgan fingerprint density at radius 1 is 1.40 bits per heavy atom. The first-order chi connectivity index (χ1) is 7.26. The van der Waals surface area contributed by atoms with E-state index in [2.05, 4.69) is 17.4 Å². The number of aromatic nitrogens is 1. The summed E-state index contributed by atoms with van der Waals surface area (Å²) < 4.78 is 0. The minimum absolute atomic E-state index is 0.0864. The van der Waals surface area contributed by atoms with Crippen molar-refractivity contribution in [3.63, 3.8) is 0 Å². The molecule has 2 unspecified atom stereocenters. The molecule has 0 amide bonds. The molecule has 0 spiro atoms. The van der Waals surface area contributed by atoms with E-state index in [1.165, 1.54) is 17.8 Å². The van der Waals surface area contributed by atoms with E-state index < -0.39 is 0 Å². The molecule has 0 aromatic carbocycles. The third kappa shape index (κ3) is 1.07. The smallest absolute Gasteiger partial charge is 0.0673 e. The number of fused-ring (bicyclic) bond motifs is 3. The average molecular weight is 201 g/mol. The molecule has 4 rings (SSSR count). The summed E-state index contributed by atoms with van der Waals surface area (Å²) in [7, 11) is 0. The monoisotopic (exact) mass is 201 g/mol. The highest BCUT2D eigenvalue weighted by atomic mass is 15.0. The number of pyridine rings is 1. The van der Waals surface area contributed by atoms with Gasteiger partial charge >= 0.3 is 0 Å². The fraction of sp³-hybridized carbons (Fsp3) is 0.583. The van der Waals surface area contributed by atoms with Crippen molar-refractivity contribution in [2.24, 2.45) is 11.7 Å². The van der Waals surface area contributed by atoms with Gasteiger partial charge in [-0.2, -0.15) is 0 Å². The van der Waals surface area contributed by atoms with Crippen molar-refractivity contribution in [2.75, 3.05) is 11.9 Å². The molecule has 0 saturated heterocycles. The van der Waals surface area contributed by atoms with Crippen LogP contribution < -0.4 is 11.1 Å². The van der Waals surface area contributed by atoms with E-state index in [4.69, 9.17) is 10.7 Å². The number of nitrogens with zero attached hydrogens (tertiary/aromatic N) is 1. The molecule has 2 atom stereocenters. The molecular formula is C12H15N3. The van der Waals surface area contributed by atoms with Crippen molar-refractivity contribution in [2.45, 2.75) is 30.7 Å². The normalized spacial score (nSPS) is 33.7. The highest BCUT2D eigenvalue weighted by Gasteiger charge is 2.46. The summed E-state index contributed by atoms with van der Waals surface area (Å²) in [6.45, 7) is 1.13. The lowest BCUT2D eigenvalue weighted by Crippen LogP contribution is -2.22. The van der Waals surface area contributed by atoms with Crippen LogP contribution in [0.3, 0.4) is 0 Å². The molecule has 1 aromatic heterocycles. The number of anilines is 1. The van der Waals surface area contributed by atoms with Gasteiger partial charge in [0, 0.05) is 12.5 Å². The van der Waals surface area contributed by atoms with Crippen LogP contribution in [0.5, 0.6) is 0 Å². The van der Waals surface area contributed by atoms with Gasteiger partial charge in [-0.3, -0.25) is 4.98 Å². The summed E-state index contributed by atoms with van der Waals surface area (Å²) in [4.78, 5) is 4.78. The maximum Gasteiger partial charge on any atom is 0.0673 e. The molecule has 3 aliphatic rings. The quantitative estimate of drug-likeness (QED) is 0.725. The van der Waals surface area contributed by atoms with E-state index in [-0.39, 0.29) is 5.54 Å². The van der Waals surface area contributed by atoms with Gasteiger partial charge < -0.3 is 11.1 Å². The van der Waals surface area contributed by atoms with Gasteiger partial charge in [0.05, 0.1) is 22.6 Å². The maximum absolute atomic E-state index is 6.18. The van der Waals surface area contributed by atoms with Gasteiger partial charge in [-0.25, -0.2) is 0 Å². The summed E-state index contributed by atoms with van der Waals surface area (Å²) >= 11 is 0. The Balaban J connectivity index is 1.81. The lowest BCUT2D eigenvalue weighted by Gasteiger charge is -2.18. The molecule has 3 nitrogen and oxygen atoms in total. The first-order valence-electron chi connectivity index (χ1n) is 5.80. The largest absolute Gasteiger partial charge is 0.383 e. The van der Waals surface area contributed by atoms with Crippen LogP contribution in [0.2, 0.25) is 0 Å². The van der Waals surface area contributed by atoms with Gasteiger partial charge in [0.25, 0.3) is 0 Å². The van der Waals surface area contributed by atoms with Gasteiger partial charge in [-0.1, -0.05) is 0 Å². The van der Waals surface area contributed by atoms with E-state index in [0.29, 0.717) is 0 Å². The Kier molecular flexibility index (Phi) is 1.27. The van der Waals surface area contributed by atoms with E-state index in [1.54, 1.807) is 0 Å². The first kappa shape index (κ1) is 8.11. The number of nitrogens with one attached hydrogen (secondary N) is 1. The minimum Gasteiger partial charge on any atom is -0.383 e. The third-order valence-corrected chi connectivity index (χ3v) is 4.05. The standard InChI is InChI=1S/C12H15N3/c13-12(3-4-12)10-2-1-9-11(15-10)8-5-7(8)6-14-9/h1-2,7-8,14H,3-6,13H2. The second kappa shape index (κ2) is 2.35. The molecule has 15 heavy (non-hydrogen) atoms. The number of nitrogens with two attached hydrogens (primary N) is 1. The average Bonchev–Trinajstić information content (AvgIpc) is 3.12. The molecule has 1 aliphatic heterocycles. The molecule has 0 radical (unpaired) electrons. The van der Waals surface area contributed by atoms with Gasteiger partial charge in [0.2, 0.25) is 0 Å². The molecule has 2 aliphatic carbocycles. The third-order valence-electron chi connectivity index (χ3n) is 4.05. The van der Waals surface area contributed by atoms with Crippen molar-refractivity contribution in [3.05, 3.63) is 23.5 Å². The van der Waals surface area contributed by atoms with Crippen LogP contribution in [0.25, 0.3) is 0 Å².